The number of nitrogens with zero attached hydrogens (tertiary/aromatic N) is 2. The van der Waals surface area contributed by atoms with Crippen molar-refractivity contribution in [3.8, 4) is 11.5 Å². The third kappa shape index (κ3) is 4.82. The average molecular weight is 479 g/mol. The van der Waals surface area contributed by atoms with Gasteiger partial charge in [0.25, 0.3) is 0 Å². The number of aromatic nitrogens is 1. The van der Waals surface area contributed by atoms with E-state index in [4.69, 9.17) is 9.47 Å². The Bertz CT molecular complexity index is 1250. The molecule has 1 atom stereocenters. The molecular weight excluding hydrogens is 448 g/mol. The fourth-order valence-electron chi connectivity index (χ4n) is 4.70. The molecule has 184 valence electrons. The van der Waals surface area contributed by atoms with Gasteiger partial charge in [0, 0.05) is 67.0 Å². The molecule has 1 unspecified atom stereocenters. The van der Waals surface area contributed by atoms with Crippen LogP contribution in [0, 0.1) is 5.92 Å². The highest BCUT2D eigenvalue weighted by molar-refractivity contribution is 5.96. The van der Waals surface area contributed by atoms with E-state index in [0.717, 1.165) is 53.2 Å². The van der Waals surface area contributed by atoms with Crippen molar-refractivity contribution in [1.29, 1.82) is 0 Å². The molecule has 9 nitrogen and oxygen atoms in total. The standard InChI is InChI=1S/C26H30N4O5/c1-16(2)25(31)28-18-4-5-19-20(13-27-21(19)12-18)24(26(32)33)30-9-7-29(8-10-30)14-17-3-6-22-23(11-17)35-15-34-22/h3-6,11-13,16,24,27H,7-10,14-15H2,1-2H3,(H,28,31)(H,32,33). The van der Waals surface area contributed by atoms with Crippen LogP contribution in [0.4, 0.5) is 5.69 Å². The molecule has 3 N–H and O–H groups in total. The molecule has 2 aromatic carbocycles. The molecule has 1 amide bonds. The summed E-state index contributed by atoms with van der Waals surface area (Å²) in [4.78, 5) is 31.9. The summed E-state index contributed by atoms with van der Waals surface area (Å²) in [5.74, 6) is 0.504. The SMILES string of the molecule is CC(C)C(=O)Nc1ccc2c(C(C(=O)O)N3CCN(Cc4ccc5c(c4)OCO5)CC3)c[nH]c2c1. The Balaban J connectivity index is 1.27. The molecule has 0 aliphatic carbocycles. The topological polar surface area (TPSA) is 107 Å². The van der Waals surface area contributed by atoms with Gasteiger partial charge in [-0.15, -0.1) is 0 Å². The number of piperazine rings is 1. The smallest absolute Gasteiger partial charge is 0.325 e. The first-order chi connectivity index (χ1) is 16.9. The van der Waals surface area contributed by atoms with Crippen LogP contribution in [0.3, 0.4) is 0 Å². The number of fused-ring (bicyclic) bond motifs is 2. The fraction of sp³-hybridized carbons (Fsp3) is 0.385. The number of carbonyl (C=O) groups is 2. The number of ether oxygens (including phenoxy) is 2. The summed E-state index contributed by atoms with van der Waals surface area (Å²) in [5.41, 5.74) is 3.37. The summed E-state index contributed by atoms with van der Waals surface area (Å²) in [6, 6.07) is 10.8. The van der Waals surface area contributed by atoms with Gasteiger partial charge in [-0.1, -0.05) is 26.0 Å². The van der Waals surface area contributed by atoms with Gasteiger partial charge in [-0.05, 0) is 29.8 Å². The van der Waals surface area contributed by atoms with E-state index in [1.807, 2.05) is 55.1 Å². The van der Waals surface area contributed by atoms with Gasteiger partial charge in [-0.25, -0.2) is 0 Å². The Hall–Kier alpha value is -3.56. The first kappa shape index (κ1) is 23.2. The number of anilines is 1. The molecule has 1 fully saturated rings. The molecule has 35 heavy (non-hydrogen) atoms. The predicted octanol–water partition coefficient (Wildman–Crippen LogP) is 3.43. The van der Waals surface area contributed by atoms with Crippen LogP contribution in [0.25, 0.3) is 10.9 Å². The lowest BCUT2D eigenvalue weighted by Crippen LogP contribution is -2.48. The molecule has 2 aliphatic heterocycles. The maximum absolute atomic E-state index is 12.4. The number of nitrogens with one attached hydrogen (secondary N) is 2. The van der Waals surface area contributed by atoms with Gasteiger partial charge < -0.3 is 24.9 Å². The number of benzene rings is 2. The zero-order valence-electron chi connectivity index (χ0n) is 19.9. The third-order valence-electron chi connectivity index (χ3n) is 6.65. The van der Waals surface area contributed by atoms with Crippen LogP contribution in [0.2, 0.25) is 0 Å². The lowest BCUT2D eigenvalue weighted by Gasteiger charge is -2.37. The number of aromatic amines is 1. The van der Waals surface area contributed by atoms with Crippen LogP contribution in [-0.2, 0) is 16.1 Å². The maximum atomic E-state index is 12.4. The number of carboxylic acids is 1. The highest BCUT2D eigenvalue weighted by Gasteiger charge is 2.32. The van der Waals surface area contributed by atoms with E-state index in [1.165, 1.54) is 0 Å². The summed E-state index contributed by atoms with van der Waals surface area (Å²) >= 11 is 0. The van der Waals surface area contributed by atoms with Crippen LogP contribution in [0.15, 0.2) is 42.6 Å². The molecule has 0 bridgehead atoms. The van der Waals surface area contributed by atoms with E-state index >= 15 is 0 Å². The van der Waals surface area contributed by atoms with Crippen LogP contribution in [0.5, 0.6) is 11.5 Å². The zero-order chi connectivity index (χ0) is 24.5. The molecule has 1 aromatic heterocycles. The summed E-state index contributed by atoms with van der Waals surface area (Å²) in [7, 11) is 0. The molecule has 5 rings (SSSR count). The minimum atomic E-state index is -0.868. The summed E-state index contributed by atoms with van der Waals surface area (Å²) < 4.78 is 10.9. The largest absolute Gasteiger partial charge is 0.480 e. The Labute approximate surface area is 203 Å². The quantitative estimate of drug-likeness (QED) is 0.478. The predicted molar refractivity (Wildman–Crippen MR) is 132 cm³/mol. The first-order valence-corrected chi connectivity index (χ1v) is 11.9. The second kappa shape index (κ2) is 9.59. The highest BCUT2D eigenvalue weighted by Crippen LogP contribution is 2.34. The minimum Gasteiger partial charge on any atom is -0.480 e. The molecule has 0 radical (unpaired) electrons. The first-order valence-electron chi connectivity index (χ1n) is 11.9. The maximum Gasteiger partial charge on any atom is 0.325 e. The number of hydrogen-bond donors (Lipinski definition) is 3. The Morgan fingerprint density at radius 1 is 1.06 bits per heavy atom. The number of aliphatic carboxylic acids is 1. The van der Waals surface area contributed by atoms with Crippen LogP contribution < -0.4 is 14.8 Å². The van der Waals surface area contributed by atoms with Crippen molar-refractivity contribution in [2.24, 2.45) is 5.92 Å². The van der Waals surface area contributed by atoms with E-state index in [2.05, 4.69) is 15.2 Å². The summed E-state index contributed by atoms with van der Waals surface area (Å²) in [6.45, 7) is 7.56. The number of carbonyl (C=O) groups excluding carboxylic acids is 1. The molecule has 0 spiro atoms. The average Bonchev–Trinajstić information content (AvgIpc) is 3.47. The Kier molecular flexibility index (Phi) is 6.36. The number of rotatable bonds is 7. The van der Waals surface area contributed by atoms with Crippen molar-refractivity contribution in [3.63, 3.8) is 0 Å². The summed E-state index contributed by atoms with van der Waals surface area (Å²) in [6.07, 6.45) is 1.77. The van der Waals surface area contributed by atoms with E-state index in [1.54, 1.807) is 6.20 Å². The minimum absolute atomic E-state index is 0.0573. The number of H-pyrrole nitrogens is 1. The van der Waals surface area contributed by atoms with Crippen molar-refractivity contribution in [1.82, 2.24) is 14.8 Å². The van der Waals surface area contributed by atoms with E-state index in [-0.39, 0.29) is 18.6 Å². The van der Waals surface area contributed by atoms with Crippen LogP contribution >= 0.6 is 0 Å². The molecular formula is C26H30N4O5. The summed E-state index contributed by atoms with van der Waals surface area (Å²) in [5, 5.41) is 13.9. The van der Waals surface area contributed by atoms with Crippen LogP contribution in [-0.4, -0.2) is 64.7 Å². The Morgan fingerprint density at radius 2 is 1.83 bits per heavy atom. The third-order valence-corrected chi connectivity index (χ3v) is 6.65. The van der Waals surface area contributed by atoms with Gasteiger partial charge in [0.05, 0.1) is 0 Å². The van der Waals surface area contributed by atoms with Gasteiger partial charge in [-0.3, -0.25) is 19.4 Å². The van der Waals surface area contributed by atoms with E-state index in [9.17, 15) is 14.7 Å². The van der Waals surface area contributed by atoms with Gasteiger partial charge in [0.15, 0.2) is 11.5 Å². The van der Waals surface area contributed by atoms with Gasteiger partial charge in [0.2, 0.25) is 12.7 Å². The fourth-order valence-corrected chi connectivity index (χ4v) is 4.70. The molecule has 3 aromatic rings. The monoisotopic (exact) mass is 478 g/mol. The normalized spacial score (nSPS) is 17.1. The van der Waals surface area contributed by atoms with Gasteiger partial charge >= 0.3 is 5.97 Å². The van der Waals surface area contributed by atoms with Crippen molar-refractivity contribution >= 4 is 28.5 Å². The van der Waals surface area contributed by atoms with Crippen molar-refractivity contribution < 1.29 is 24.2 Å². The molecule has 3 heterocycles. The van der Waals surface area contributed by atoms with E-state index in [0.29, 0.717) is 18.8 Å². The van der Waals surface area contributed by atoms with Crippen LogP contribution in [0.1, 0.15) is 31.0 Å². The zero-order valence-corrected chi connectivity index (χ0v) is 19.9. The number of hydrogen-bond acceptors (Lipinski definition) is 6. The second-order valence-corrected chi connectivity index (χ2v) is 9.39. The molecule has 1 saturated heterocycles. The van der Waals surface area contributed by atoms with Crippen molar-refractivity contribution in [2.75, 3.05) is 38.3 Å². The molecule has 9 heteroatoms. The van der Waals surface area contributed by atoms with E-state index < -0.39 is 12.0 Å². The number of carboxylic acid groups (broad SMARTS) is 1. The lowest BCUT2D eigenvalue weighted by molar-refractivity contribution is -0.144. The van der Waals surface area contributed by atoms with Crippen molar-refractivity contribution in [2.45, 2.75) is 26.4 Å². The van der Waals surface area contributed by atoms with Gasteiger partial charge in [-0.2, -0.15) is 0 Å². The van der Waals surface area contributed by atoms with Crippen molar-refractivity contribution in [3.05, 3.63) is 53.7 Å². The second-order valence-electron chi connectivity index (χ2n) is 9.39. The molecule has 0 saturated carbocycles. The Morgan fingerprint density at radius 3 is 2.57 bits per heavy atom. The highest BCUT2D eigenvalue weighted by atomic mass is 16.7. The number of amides is 1. The molecule has 2 aliphatic rings. The van der Waals surface area contributed by atoms with Gasteiger partial charge in [0.1, 0.15) is 6.04 Å². The lowest BCUT2D eigenvalue weighted by atomic mass is 10.0.